The van der Waals surface area contributed by atoms with Crippen molar-refractivity contribution in [1.29, 1.82) is 0 Å². The number of hydrogen-bond acceptors (Lipinski definition) is 8. The Morgan fingerprint density at radius 3 is 2.84 bits per heavy atom. The van der Waals surface area contributed by atoms with E-state index in [1.54, 1.807) is 17.8 Å². The first-order valence-electron chi connectivity index (χ1n) is 10.3. The van der Waals surface area contributed by atoms with Crippen molar-refractivity contribution in [2.45, 2.75) is 37.4 Å². The third kappa shape index (κ3) is 3.58. The molecule has 0 unspecified atom stereocenters. The summed E-state index contributed by atoms with van der Waals surface area (Å²) in [6.07, 6.45) is 1.13. The van der Waals surface area contributed by atoms with Gasteiger partial charge >= 0.3 is 0 Å². The second kappa shape index (κ2) is 8.28. The molecule has 1 fully saturated rings. The number of aliphatic hydroxyl groups excluding tert-OH is 2. The van der Waals surface area contributed by atoms with E-state index in [1.165, 1.54) is 6.33 Å². The Bertz CT molecular complexity index is 1300. The van der Waals surface area contributed by atoms with Crippen molar-refractivity contribution in [2.75, 3.05) is 18.1 Å². The van der Waals surface area contributed by atoms with Gasteiger partial charge in [0.15, 0.2) is 6.23 Å². The molecule has 166 valence electrons. The van der Waals surface area contributed by atoms with Crippen LogP contribution in [0, 0.1) is 0 Å². The molecule has 0 bridgehead atoms. The molecule has 1 aliphatic rings. The fourth-order valence-electron chi connectivity index (χ4n) is 4.24. The number of aromatic nitrogens is 4. The van der Waals surface area contributed by atoms with E-state index in [-0.39, 0.29) is 0 Å². The van der Waals surface area contributed by atoms with E-state index in [9.17, 15) is 10.2 Å². The topological polar surface area (TPSA) is 131 Å². The lowest BCUT2D eigenvalue weighted by Gasteiger charge is -2.17. The van der Waals surface area contributed by atoms with Crippen LogP contribution in [0.25, 0.3) is 21.9 Å². The maximum absolute atomic E-state index is 10.7. The van der Waals surface area contributed by atoms with Gasteiger partial charge in [-0.1, -0.05) is 12.1 Å². The Kier molecular flexibility index (Phi) is 5.46. The summed E-state index contributed by atoms with van der Waals surface area (Å²) in [5, 5.41) is 26.2. The molecule has 4 aromatic rings. The summed E-state index contributed by atoms with van der Waals surface area (Å²) < 4.78 is 8.61. The highest BCUT2D eigenvalue weighted by atomic mass is 79.9. The van der Waals surface area contributed by atoms with Crippen molar-refractivity contribution >= 4 is 49.5 Å². The molecule has 0 spiro atoms. The quantitative estimate of drug-likeness (QED) is 0.330. The summed E-state index contributed by atoms with van der Waals surface area (Å²) in [4.78, 5) is 13.0. The number of nitrogens with one attached hydrogen (secondary N) is 1. The molecule has 0 saturated carbocycles. The van der Waals surface area contributed by atoms with Crippen molar-refractivity contribution < 1.29 is 14.9 Å². The summed E-state index contributed by atoms with van der Waals surface area (Å²) in [5.74, 6) is 1.13. The molecule has 0 aliphatic carbocycles. The van der Waals surface area contributed by atoms with Crippen LogP contribution in [0.3, 0.4) is 0 Å². The van der Waals surface area contributed by atoms with E-state index in [1.807, 2.05) is 30.3 Å². The molecule has 1 aromatic carbocycles. The number of aliphatic hydroxyl groups is 2. The fraction of sp³-hybridized carbons (Fsp3) is 0.318. The minimum absolute atomic E-state index is 0.444. The van der Waals surface area contributed by atoms with Crippen molar-refractivity contribution in [3.05, 3.63) is 52.9 Å². The highest BCUT2D eigenvalue weighted by Crippen LogP contribution is 2.35. The SMILES string of the molecule is CNc1ncnc2c1ccn2[C@@H]1O[C@H](CCc2ccc3cc(Br)c(N)nc3c2)[C@@H](O)[C@H]1O. The van der Waals surface area contributed by atoms with Gasteiger partial charge in [0.1, 0.15) is 35.8 Å². The average molecular weight is 499 g/mol. The molecule has 1 saturated heterocycles. The number of fused-ring (bicyclic) bond motifs is 2. The van der Waals surface area contributed by atoms with Crippen molar-refractivity contribution in [3.8, 4) is 0 Å². The van der Waals surface area contributed by atoms with Gasteiger partial charge in [0, 0.05) is 18.6 Å². The predicted octanol–water partition coefficient (Wildman–Crippen LogP) is 2.62. The van der Waals surface area contributed by atoms with Gasteiger partial charge < -0.3 is 30.6 Å². The van der Waals surface area contributed by atoms with Gasteiger partial charge in [-0.2, -0.15) is 0 Å². The highest BCUT2D eigenvalue weighted by molar-refractivity contribution is 9.10. The third-order valence-electron chi connectivity index (χ3n) is 5.94. The van der Waals surface area contributed by atoms with Crippen LogP contribution in [0.4, 0.5) is 11.6 Å². The monoisotopic (exact) mass is 498 g/mol. The van der Waals surface area contributed by atoms with Crippen LogP contribution in [-0.4, -0.2) is 55.1 Å². The molecule has 0 radical (unpaired) electrons. The minimum atomic E-state index is -1.07. The predicted molar refractivity (Wildman–Crippen MR) is 125 cm³/mol. The van der Waals surface area contributed by atoms with Crippen LogP contribution < -0.4 is 11.1 Å². The Balaban J connectivity index is 1.34. The van der Waals surface area contributed by atoms with Gasteiger partial charge in [-0.25, -0.2) is 15.0 Å². The van der Waals surface area contributed by atoms with Gasteiger partial charge in [-0.15, -0.1) is 0 Å². The van der Waals surface area contributed by atoms with E-state index in [2.05, 4.69) is 36.2 Å². The van der Waals surface area contributed by atoms with Gasteiger partial charge in [0.2, 0.25) is 0 Å². The van der Waals surface area contributed by atoms with Gasteiger partial charge in [0.25, 0.3) is 0 Å². The van der Waals surface area contributed by atoms with Crippen LogP contribution >= 0.6 is 15.9 Å². The van der Waals surface area contributed by atoms with E-state index in [0.29, 0.717) is 30.1 Å². The summed E-state index contributed by atoms with van der Waals surface area (Å²) in [7, 11) is 1.79. The third-order valence-corrected chi connectivity index (χ3v) is 6.57. The summed E-state index contributed by atoms with van der Waals surface area (Å²) in [6, 6.07) is 9.82. The molecule has 1 aliphatic heterocycles. The number of aryl methyl sites for hydroxylation is 1. The zero-order chi connectivity index (χ0) is 22.4. The van der Waals surface area contributed by atoms with Crippen LogP contribution in [0.15, 0.2) is 47.3 Å². The average Bonchev–Trinajstić information content (AvgIpc) is 3.34. The highest BCUT2D eigenvalue weighted by Gasteiger charge is 2.43. The minimum Gasteiger partial charge on any atom is -0.388 e. The molecule has 4 atom stereocenters. The first kappa shape index (κ1) is 21.1. The number of nitrogens with zero attached hydrogens (tertiary/aromatic N) is 4. The number of halogens is 1. The zero-order valence-electron chi connectivity index (χ0n) is 17.3. The Morgan fingerprint density at radius 1 is 1.19 bits per heavy atom. The summed E-state index contributed by atoms with van der Waals surface area (Å²) >= 11 is 3.40. The van der Waals surface area contributed by atoms with Crippen LogP contribution in [-0.2, 0) is 11.2 Å². The normalized spacial score (nSPS) is 23.2. The van der Waals surface area contributed by atoms with Gasteiger partial charge in [-0.05, 0) is 52.5 Å². The zero-order valence-corrected chi connectivity index (χ0v) is 18.9. The second-order valence-electron chi connectivity index (χ2n) is 7.90. The van der Waals surface area contributed by atoms with Crippen molar-refractivity contribution in [1.82, 2.24) is 19.5 Å². The lowest BCUT2D eigenvalue weighted by molar-refractivity contribution is -0.0364. The molecule has 4 heterocycles. The molecule has 9 nitrogen and oxygen atoms in total. The van der Waals surface area contributed by atoms with Crippen molar-refractivity contribution in [2.24, 2.45) is 0 Å². The van der Waals surface area contributed by atoms with E-state index in [4.69, 9.17) is 10.5 Å². The Labute approximate surface area is 192 Å². The maximum atomic E-state index is 10.7. The molecule has 32 heavy (non-hydrogen) atoms. The van der Waals surface area contributed by atoms with Crippen molar-refractivity contribution in [3.63, 3.8) is 0 Å². The second-order valence-corrected chi connectivity index (χ2v) is 8.75. The Hall–Kier alpha value is -2.79. The number of nitrogen functional groups attached to an aromatic ring is 1. The van der Waals surface area contributed by atoms with E-state index in [0.717, 1.165) is 26.3 Å². The van der Waals surface area contributed by atoms with E-state index < -0.39 is 24.5 Å². The summed E-state index contributed by atoms with van der Waals surface area (Å²) in [5.41, 5.74) is 8.41. The first-order chi connectivity index (χ1) is 15.5. The van der Waals surface area contributed by atoms with Crippen LogP contribution in [0.2, 0.25) is 0 Å². The lowest BCUT2D eigenvalue weighted by Crippen LogP contribution is -2.31. The number of nitrogens with two attached hydrogens (primary N) is 1. The molecular weight excluding hydrogens is 476 g/mol. The number of anilines is 2. The maximum Gasteiger partial charge on any atom is 0.164 e. The Morgan fingerprint density at radius 2 is 2.03 bits per heavy atom. The number of rotatable bonds is 5. The summed E-state index contributed by atoms with van der Waals surface area (Å²) in [6.45, 7) is 0. The standard InChI is InChI=1S/C22H23BrN6O3/c1-25-20-13-6-7-29(21(13)27-10-26-20)22-18(31)17(30)16(32-22)5-3-11-2-4-12-9-14(23)19(24)28-15(12)8-11/h2,4,6-10,16-18,22,30-31H,3,5H2,1H3,(H2,24,28)(H,25,26,27)/t16-,17-,18-,22-/m1/s1. The molecule has 3 aromatic heterocycles. The molecule has 10 heteroatoms. The van der Waals surface area contributed by atoms with Crippen LogP contribution in [0.5, 0.6) is 0 Å². The molecule has 5 rings (SSSR count). The number of pyridine rings is 1. The van der Waals surface area contributed by atoms with Gasteiger partial charge in [-0.3, -0.25) is 0 Å². The fourth-order valence-corrected chi connectivity index (χ4v) is 4.57. The first-order valence-corrected chi connectivity index (χ1v) is 11.1. The molecule has 5 N–H and O–H groups in total. The number of ether oxygens (including phenoxy) is 1. The van der Waals surface area contributed by atoms with E-state index >= 15 is 0 Å². The number of benzene rings is 1. The molecular formula is C22H23BrN6O3. The smallest absolute Gasteiger partial charge is 0.164 e. The number of hydrogen-bond donors (Lipinski definition) is 4. The largest absolute Gasteiger partial charge is 0.388 e. The van der Waals surface area contributed by atoms with Gasteiger partial charge in [0.05, 0.1) is 21.5 Å². The van der Waals surface area contributed by atoms with Crippen LogP contribution in [0.1, 0.15) is 18.2 Å². The molecule has 0 amide bonds. The lowest BCUT2D eigenvalue weighted by atomic mass is 10.0.